The highest BCUT2D eigenvalue weighted by atomic mass is 32.2. The van der Waals surface area contributed by atoms with Crippen LogP contribution in [0.2, 0.25) is 0 Å². The summed E-state index contributed by atoms with van der Waals surface area (Å²) in [6.45, 7) is 0. The van der Waals surface area contributed by atoms with E-state index in [1.165, 1.54) is 36.5 Å². The van der Waals surface area contributed by atoms with Crippen LogP contribution in [0.3, 0.4) is 0 Å². The molecule has 3 rings (SSSR count). The van der Waals surface area contributed by atoms with Gasteiger partial charge >= 0.3 is 6.18 Å². The predicted octanol–water partition coefficient (Wildman–Crippen LogP) is 2.43. The number of rotatable bonds is 9. The van der Waals surface area contributed by atoms with Crippen LogP contribution in [-0.4, -0.2) is 42.8 Å². The van der Waals surface area contributed by atoms with Gasteiger partial charge in [0.1, 0.15) is 17.6 Å². The lowest BCUT2D eigenvalue weighted by Gasteiger charge is -2.28. The molecule has 170 valence electrons. The fourth-order valence-electron chi connectivity index (χ4n) is 3.16. The maximum Gasteiger partial charge on any atom is 0.407 e. The summed E-state index contributed by atoms with van der Waals surface area (Å²) in [5.74, 6) is -2.40. The molecule has 2 aromatic rings. The first-order chi connectivity index (χ1) is 15.0. The molecule has 1 aliphatic rings. The molecule has 1 heterocycles. The van der Waals surface area contributed by atoms with Crippen molar-refractivity contribution >= 4 is 15.7 Å². The molecule has 2 N–H and O–H groups in total. The van der Waals surface area contributed by atoms with Crippen LogP contribution < -0.4 is 10.6 Å². The van der Waals surface area contributed by atoms with Crippen LogP contribution in [0.4, 0.5) is 13.2 Å². The zero-order chi connectivity index (χ0) is 23.4. The zero-order valence-electron chi connectivity index (χ0n) is 16.8. The number of benzene rings is 1. The first kappa shape index (κ1) is 23.7. The largest absolute Gasteiger partial charge is 0.407 e. The molecule has 0 bridgehead atoms. The normalized spacial score (nSPS) is 17.1. The van der Waals surface area contributed by atoms with Crippen LogP contribution >= 0.6 is 0 Å². The summed E-state index contributed by atoms with van der Waals surface area (Å²) in [5, 5.41) is 13.8. The molecule has 7 nitrogen and oxygen atoms in total. The highest BCUT2D eigenvalue weighted by Gasteiger charge is 2.48. The Balaban J connectivity index is 1.87. The maximum atomic E-state index is 13.8. The number of pyridine rings is 1. The summed E-state index contributed by atoms with van der Waals surface area (Å²) < 4.78 is 66.9. The van der Waals surface area contributed by atoms with Crippen LogP contribution in [0, 0.1) is 11.3 Å². The lowest BCUT2D eigenvalue weighted by Crippen LogP contribution is -2.54. The number of carbonyl (C=O) groups is 1. The number of hydrogen-bond acceptors (Lipinski definition) is 6. The molecule has 0 aliphatic heterocycles. The van der Waals surface area contributed by atoms with E-state index in [4.69, 9.17) is 0 Å². The second-order valence-electron chi connectivity index (χ2n) is 7.66. The van der Waals surface area contributed by atoms with Crippen LogP contribution in [-0.2, 0) is 20.4 Å². The number of aromatic nitrogens is 1. The van der Waals surface area contributed by atoms with Gasteiger partial charge in [-0.05, 0) is 30.5 Å². The lowest BCUT2D eigenvalue weighted by molar-refractivity contribution is -0.160. The van der Waals surface area contributed by atoms with Gasteiger partial charge in [0.15, 0.2) is 9.84 Å². The molecule has 1 saturated carbocycles. The van der Waals surface area contributed by atoms with Crippen molar-refractivity contribution in [2.45, 2.75) is 42.4 Å². The highest BCUT2D eigenvalue weighted by molar-refractivity contribution is 7.90. The van der Waals surface area contributed by atoms with Gasteiger partial charge in [0, 0.05) is 6.20 Å². The molecular formula is C21H21F3N4O3S. The molecule has 1 fully saturated rings. The molecule has 11 heteroatoms. The third-order valence-electron chi connectivity index (χ3n) is 4.99. The van der Waals surface area contributed by atoms with E-state index in [9.17, 15) is 31.6 Å². The van der Waals surface area contributed by atoms with Gasteiger partial charge in [-0.3, -0.25) is 15.1 Å². The van der Waals surface area contributed by atoms with Crippen molar-refractivity contribution in [2.24, 2.45) is 0 Å². The molecule has 0 unspecified atom stereocenters. The fourth-order valence-corrected chi connectivity index (χ4v) is 4.65. The number of amides is 1. The van der Waals surface area contributed by atoms with Gasteiger partial charge in [0.05, 0.1) is 23.3 Å². The Kier molecular flexibility index (Phi) is 6.85. The van der Waals surface area contributed by atoms with E-state index in [-0.39, 0.29) is 11.3 Å². The minimum absolute atomic E-state index is 0.165. The molecule has 1 amide bonds. The van der Waals surface area contributed by atoms with E-state index in [2.05, 4.69) is 15.6 Å². The Labute approximate surface area is 183 Å². The summed E-state index contributed by atoms with van der Waals surface area (Å²) in [4.78, 5) is 16.7. The first-order valence-corrected chi connectivity index (χ1v) is 11.6. The van der Waals surface area contributed by atoms with Crippen molar-refractivity contribution in [1.29, 1.82) is 5.26 Å². The molecule has 0 radical (unpaired) electrons. The molecule has 1 aromatic carbocycles. The smallest absolute Gasteiger partial charge is 0.336 e. The SMILES string of the molecule is N#CC1(NC(=O)[C@H](CS(=O)(=O)Cc2ccccn2)N[C@H](c2ccccc2)C(F)(F)F)CC1. The van der Waals surface area contributed by atoms with E-state index in [0.717, 1.165) is 0 Å². The van der Waals surface area contributed by atoms with E-state index in [1.54, 1.807) is 18.2 Å². The molecule has 32 heavy (non-hydrogen) atoms. The van der Waals surface area contributed by atoms with Gasteiger partial charge in [-0.25, -0.2) is 8.42 Å². The average Bonchev–Trinajstić information content (AvgIpc) is 3.51. The number of nitriles is 1. The van der Waals surface area contributed by atoms with Crippen molar-refractivity contribution in [3.8, 4) is 6.07 Å². The van der Waals surface area contributed by atoms with E-state index >= 15 is 0 Å². The van der Waals surface area contributed by atoms with Gasteiger partial charge in [-0.1, -0.05) is 36.4 Å². The van der Waals surface area contributed by atoms with Gasteiger partial charge in [0.25, 0.3) is 0 Å². The van der Waals surface area contributed by atoms with Crippen molar-refractivity contribution < 1.29 is 26.4 Å². The number of carbonyl (C=O) groups excluding carboxylic acids is 1. The third kappa shape index (κ3) is 6.27. The molecule has 0 spiro atoms. The fraction of sp³-hybridized carbons (Fsp3) is 0.381. The number of alkyl halides is 3. The van der Waals surface area contributed by atoms with Crippen molar-refractivity contribution in [1.82, 2.24) is 15.6 Å². The van der Waals surface area contributed by atoms with Crippen LogP contribution in [0.5, 0.6) is 0 Å². The second-order valence-corrected chi connectivity index (χ2v) is 9.77. The van der Waals surface area contributed by atoms with Gasteiger partial charge in [-0.15, -0.1) is 0 Å². The van der Waals surface area contributed by atoms with E-state index < -0.39 is 51.0 Å². The average molecular weight is 466 g/mol. The number of sulfone groups is 1. The monoisotopic (exact) mass is 466 g/mol. The number of hydrogen-bond donors (Lipinski definition) is 2. The molecular weight excluding hydrogens is 445 g/mol. The van der Waals surface area contributed by atoms with Crippen LogP contribution in [0.25, 0.3) is 0 Å². The molecule has 0 saturated heterocycles. The Bertz CT molecular complexity index is 1080. The van der Waals surface area contributed by atoms with Gasteiger partial charge < -0.3 is 5.32 Å². The summed E-state index contributed by atoms with van der Waals surface area (Å²) >= 11 is 0. The lowest BCUT2D eigenvalue weighted by atomic mass is 10.1. The Morgan fingerprint density at radius 2 is 1.81 bits per heavy atom. The predicted molar refractivity (Wildman–Crippen MR) is 110 cm³/mol. The van der Waals surface area contributed by atoms with Gasteiger partial charge in [0.2, 0.25) is 5.91 Å². The minimum atomic E-state index is -4.79. The van der Waals surface area contributed by atoms with Crippen molar-refractivity contribution in [3.63, 3.8) is 0 Å². The van der Waals surface area contributed by atoms with Crippen LogP contribution in [0.1, 0.15) is 30.1 Å². The Morgan fingerprint density at radius 1 is 1.16 bits per heavy atom. The quantitative estimate of drug-likeness (QED) is 0.587. The molecule has 2 atom stereocenters. The second kappa shape index (κ2) is 9.26. The summed E-state index contributed by atoms with van der Waals surface area (Å²) in [7, 11) is -4.03. The van der Waals surface area contributed by atoms with Crippen molar-refractivity contribution in [2.75, 3.05) is 5.75 Å². The maximum absolute atomic E-state index is 13.8. The summed E-state index contributed by atoms with van der Waals surface area (Å²) in [5.41, 5.74) is -1.12. The highest BCUT2D eigenvalue weighted by Crippen LogP contribution is 2.35. The standard InChI is InChI=1S/C21H21F3N4O3S/c22-21(23,24)18(15-6-2-1-3-7-15)27-17(19(29)28-20(14-25)9-10-20)13-32(30,31)12-16-8-4-5-11-26-16/h1-8,11,17-18,27H,9-10,12-13H2,(H,28,29)/t17-,18+/m0/s1. The Morgan fingerprint density at radius 3 is 2.34 bits per heavy atom. The topological polar surface area (TPSA) is 112 Å². The van der Waals surface area contributed by atoms with Gasteiger partial charge in [-0.2, -0.15) is 18.4 Å². The van der Waals surface area contributed by atoms with Crippen molar-refractivity contribution in [3.05, 3.63) is 66.0 Å². The number of halogens is 3. The third-order valence-corrected chi connectivity index (χ3v) is 6.56. The zero-order valence-corrected chi connectivity index (χ0v) is 17.7. The van der Waals surface area contributed by atoms with E-state index in [0.29, 0.717) is 12.8 Å². The summed E-state index contributed by atoms with van der Waals surface area (Å²) in [6.07, 6.45) is -2.70. The minimum Gasteiger partial charge on any atom is -0.336 e. The molecule has 1 aromatic heterocycles. The molecule has 1 aliphatic carbocycles. The van der Waals surface area contributed by atoms with E-state index in [1.807, 2.05) is 6.07 Å². The number of nitrogens with one attached hydrogen (secondary N) is 2. The van der Waals surface area contributed by atoms with Crippen LogP contribution in [0.15, 0.2) is 54.7 Å². The first-order valence-electron chi connectivity index (χ1n) is 9.75. The number of nitrogens with zero attached hydrogens (tertiary/aromatic N) is 2. The summed E-state index contributed by atoms with van der Waals surface area (Å²) in [6, 6.07) is 9.40. The Hall–Kier alpha value is -2.97.